The Bertz CT molecular complexity index is 361. The molecule has 0 radical (unpaired) electrons. The van der Waals surface area contributed by atoms with Crippen LogP contribution < -0.4 is 10.2 Å². The minimum atomic E-state index is -4.34. The molecule has 0 saturated heterocycles. The van der Waals surface area contributed by atoms with Crippen LogP contribution in [0.15, 0.2) is 0 Å². The van der Waals surface area contributed by atoms with Crippen molar-refractivity contribution in [1.29, 1.82) is 0 Å². The van der Waals surface area contributed by atoms with Crippen molar-refractivity contribution in [2.75, 3.05) is 25.4 Å². The molecule has 0 aromatic heterocycles. The number of carbonyl (C=O) groups is 1. The lowest BCUT2D eigenvalue weighted by Crippen LogP contribution is -3.11. The second-order valence-electron chi connectivity index (χ2n) is 5.09. The van der Waals surface area contributed by atoms with E-state index in [1.165, 1.54) is 18.7 Å². The Morgan fingerprint density at radius 1 is 1.28 bits per heavy atom. The van der Waals surface area contributed by atoms with Crippen LogP contribution in [0.5, 0.6) is 0 Å². The molecular weight excluding hydrogens is 256 g/mol. The molecular formula is C11H24N2O4S. The SMILES string of the molecule is CC[NH+](CC)CCC(=O)NC(C)(C)CS(=O)(=O)[O-]. The highest BCUT2D eigenvalue weighted by Gasteiger charge is 2.23. The third kappa shape index (κ3) is 8.43. The molecule has 0 aliphatic rings. The fraction of sp³-hybridized carbons (Fsp3) is 0.909. The lowest BCUT2D eigenvalue weighted by molar-refractivity contribution is -0.895. The zero-order valence-electron chi connectivity index (χ0n) is 11.6. The Morgan fingerprint density at radius 2 is 1.78 bits per heavy atom. The maximum atomic E-state index is 11.7. The summed E-state index contributed by atoms with van der Waals surface area (Å²) in [7, 11) is -4.34. The van der Waals surface area contributed by atoms with Crippen molar-refractivity contribution in [3.63, 3.8) is 0 Å². The van der Waals surface area contributed by atoms with Crippen LogP contribution in [-0.4, -0.2) is 49.8 Å². The van der Waals surface area contributed by atoms with Crippen LogP contribution >= 0.6 is 0 Å². The largest absolute Gasteiger partial charge is 0.748 e. The highest BCUT2D eigenvalue weighted by molar-refractivity contribution is 7.85. The zero-order valence-corrected chi connectivity index (χ0v) is 12.4. The summed E-state index contributed by atoms with van der Waals surface area (Å²) in [4.78, 5) is 13.0. The van der Waals surface area contributed by atoms with Gasteiger partial charge < -0.3 is 14.8 Å². The summed E-state index contributed by atoms with van der Waals surface area (Å²) in [5, 5.41) is 2.58. The maximum absolute atomic E-state index is 11.7. The molecule has 0 aliphatic heterocycles. The second kappa shape index (κ2) is 7.06. The van der Waals surface area contributed by atoms with Crippen molar-refractivity contribution >= 4 is 16.0 Å². The summed E-state index contributed by atoms with van der Waals surface area (Å²) >= 11 is 0. The van der Waals surface area contributed by atoms with Crippen LogP contribution in [0.3, 0.4) is 0 Å². The Labute approximate surface area is 109 Å². The molecule has 0 unspecified atom stereocenters. The van der Waals surface area contributed by atoms with Crippen molar-refractivity contribution in [2.45, 2.75) is 39.7 Å². The van der Waals surface area contributed by atoms with Gasteiger partial charge in [0, 0.05) is 5.54 Å². The molecule has 108 valence electrons. The van der Waals surface area contributed by atoms with E-state index < -0.39 is 21.4 Å². The molecule has 2 N–H and O–H groups in total. The third-order valence-electron chi connectivity index (χ3n) is 2.72. The summed E-state index contributed by atoms with van der Waals surface area (Å²) in [6.07, 6.45) is 0.333. The van der Waals surface area contributed by atoms with E-state index in [0.717, 1.165) is 13.1 Å². The lowest BCUT2D eigenvalue weighted by Gasteiger charge is -2.27. The fourth-order valence-electron chi connectivity index (χ4n) is 1.81. The first-order valence-corrected chi connectivity index (χ1v) is 7.75. The molecule has 0 bridgehead atoms. The van der Waals surface area contributed by atoms with Gasteiger partial charge in [0.2, 0.25) is 5.91 Å². The van der Waals surface area contributed by atoms with E-state index in [1.54, 1.807) is 0 Å². The Balaban J connectivity index is 4.23. The van der Waals surface area contributed by atoms with Crippen LogP contribution in [0.25, 0.3) is 0 Å². The highest BCUT2D eigenvalue weighted by Crippen LogP contribution is 2.05. The minimum Gasteiger partial charge on any atom is -0.748 e. The summed E-state index contributed by atoms with van der Waals surface area (Å²) in [6.45, 7) is 9.76. The molecule has 0 fully saturated rings. The minimum absolute atomic E-state index is 0.219. The number of carbonyl (C=O) groups excluding carboxylic acids is 1. The molecule has 6 nitrogen and oxygen atoms in total. The van der Waals surface area contributed by atoms with Crippen molar-refractivity contribution in [1.82, 2.24) is 5.32 Å². The summed E-state index contributed by atoms with van der Waals surface area (Å²) in [6, 6.07) is 0. The molecule has 18 heavy (non-hydrogen) atoms. The molecule has 0 aromatic rings. The predicted octanol–water partition coefficient (Wildman–Crippen LogP) is -1.26. The van der Waals surface area contributed by atoms with Crippen LogP contribution in [-0.2, 0) is 14.9 Å². The van der Waals surface area contributed by atoms with E-state index in [9.17, 15) is 17.8 Å². The van der Waals surface area contributed by atoms with Gasteiger partial charge in [0.1, 0.15) is 0 Å². The van der Waals surface area contributed by atoms with Gasteiger partial charge in [-0.3, -0.25) is 4.79 Å². The van der Waals surface area contributed by atoms with E-state index in [0.29, 0.717) is 13.0 Å². The number of nitrogens with one attached hydrogen (secondary N) is 2. The van der Waals surface area contributed by atoms with E-state index in [-0.39, 0.29) is 5.91 Å². The molecule has 0 atom stereocenters. The molecule has 0 aliphatic carbocycles. The van der Waals surface area contributed by atoms with Gasteiger partial charge in [0.25, 0.3) is 0 Å². The summed E-state index contributed by atoms with van der Waals surface area (Å²) in [5.41, 5.74) is -1.02. The van der Waals surface area contributed by atoms with Gasteiger partial charge >= 0.3 is 0 Å². The molecule has 0 rings (SSSR count). The Hall–Kier alpha value is -0.660. The lowest BCUT2D eigenvalue weighted by atomic mass is 10.1. The van der Waals surface area contributed by atoms with E-state index >= 15 is 0 Å². The Kier molecular flexibility index (Phi) is 6.80. The average molecular weight is 280 g/mol. The van der Waals surface area contributed by atoms with Crippen LogP contribution in [0.1, 0.15) is 34.1 Å². The first kappa shape index (κ1) is 17.3. The molecule has 7 heteroatoms. The average Bonchev–Trinajstić information content (AvgIpc) is 2.14. The van der Waals surface area contributed by atoms with Gasteiger partial charge in [0.15, 0.2) is 0 Å². The highest BCUT2D eigenvalue weighted by atomic mass is 32.2. The first-order valence-electron chi connectivity index (χ1n) is 6.17. The van der Waals surface area contributed by atoms with Gasteiger partial charge in [-0.1, -0.05) is 0 Å². The molecule has 0 spiro atoms. The van der Waals surface area contributed by atoms with Crippen molar-refractivity contribution in [2.24, 2.45) is 0 Å². The van der Waals surface area contributed by atoms with Crippen molar-refractivity contribution in [3.05, 3.63) is 0 Å². The quantitative estimate of drug-likeness (QED) is 0.543. The van der Waals surface area contributed by atoms with Crippen molar-refractivity contribution < 1.29 is 22.7 Å². The number of hydrogen-bond donors (Lipinski definition) is 2. The normalized spacial score (nSPS) is 12.8. The van der Waals surface area contributed by atoms with Crippen LogP contribution in [0, 0.1) is 0 Å². The number of quaternary nitrogens is 1. The summed E-state index contributed by atoms with van der Waals surface area (Å²) in [5.74, 6) is -0.813. The van der Waals surface area contributed by atoms with Crippen LogP contribution in [0.4, 0.5) is 0 Å². The molecule has 1 amide bonds. The molecule has 0 saturated carbocycles. The number of hydrogen-bond acceptors (Lipinski definition) is 4. The number of rotatable bonds is 8. The molecule has 0 heterocycles. The zero-order chi connectivity index (χ0) is 14.4. The van der Waals surface area contributed by atoms with Gasteiger partial charge in [-0.15, -0.1) is 0 Å². The van der Waals surface area contributed by atoms with Crippen molar-refractivity contribution in [3.8, 4) is 0 Å². The van der Waals surface area contributed by atoms with Gasteiger partial charge in [-0.25, -0.2) is 8.42 Å². The predicted molar refractivity (Wildman–Crippen MR) is 68.3 cm³/mol. The van der Waals surface area contributed by atoms with E-state index in [1.807, 2.05) is 13.8 Å². The standard InChI is InChI=1S/C11H24N2O4S/c1-5-13(6-2)8-7-10(14)12-11(3,4)9-18(15,16)17/h5-9H2,1-4H3,(H,12,14)(H,15,16,17). The van der Waals surface area contributed by atoms with E-state index in [2.05, 4.69) is 5.32 Å². The maximum Gasteiger partial charge on any atom is 0.226 e. The number of amides is 1. The third-order valence-corrected chi connectivity index (χ3v) is 3.80. The van der Waals surface area contributed by atoms with Gasteiger partial charge in [0.05, 0.1) is 41.9 Å². The fourth-order valence-corrected chi connectivity index (χ4v) is 2.77. The Morgan fingerprint density at radius 3 is 2.17 bits per heavy atom. The first-order chi connectivity index (χ1) is 8.09. The topological polar surface area (TPSA) is 90.7 Å². The molecule has 0 aromatic carbocycles. The van der Waals surface area contributed by atoms with E-state index in [4.69, 9.17) is 0 Å². The monoisotopic (exact) mass is 280 g/mol. The van der Waals surface area contributed by atoms with Gasteiger partial charge in [-0.2, -0.15) is 0 Å². The second-order valence-corrected chi connectivity index (χ2v) is 6.50. The summed E-state index contributed by atoms with van der Waals surface area (Å²) < 4.78 is 32.0. The smallest absolute Gasteiger partial charge is 0.226 e. The van der Waals surface area contributed by atoms with Crippen LogP contribution in [0.2, 0.25) is 0 Å². The van der Waals surface area contributed by atoms with Gasteiger partial charge in [-0.05, 0) is 27.7 Å².